The van der Waals surface area contributed by atoms with E-state index in [2.05, 4.69) is 16.0 Å². The van der Waals surface area contributed by atoms with Crippen LogP contribution in [0.25, 0.3) is 11.1 Å². The molecule has 33 heavy (non-hydrogen) atoms. The second-order valence-corrected chi connectivity index (χ2v) is 8.31. The third-order valence-electron chi connectivity index (χ3n) is 6.52. The largest absolute Gasteiger partial charge is 0.451 e. The second kappa shape index (κ2) is 7.44. The number of benzene rings is 2. The van der Waals surface area contributed by atoms with Crippen molar-refractivity contribution < 1.29 is 24.9 Å². The number of aliphatic hydroxyl groups excluding tert-OH is 1. The molecule has 3 aliphatic heterocycles. The smallest absolute Gasteiger partial charge is 0.339 e. The number of rotatable bonds is 4. The molecule has 0 aromatic heterocycles. The number of aliphatic hydroxyl groups is 3. The minimum absolute atomic E-state index is 0.190. The molecule has 3 aliphatic rings. The third kappa shape index (κ3) is 2.97. The molecule has 0 unspecified atom stereocenters. The number of ether oxygens (including phenoxy) is 1. The molecule has 0 amide bonds. The number of hydrogen-bond acceptors (Lipinski definition) is 7. The van der Waals surface area contributed by atoms with Gasteiger partial charge in [0.15, 0.2) is 23.7 Å². The summed E-state index contributed by atoms with van der Waals surface area (Å²) < 4.78 is 5.62. The number of guanidine groups is 2. The molecule has 4 atom stereocenters. The van der Waals surface area contributed by atoms with E-state index in [4.69, 9.17) is 15.6 Å². The summed E-state index contributed by atoms with van der Waals surface area (Å²) in [6, 6.07) is 14.5. The van der Waals surface area contributed by atoms with Crippen LogP contribution in [0.2, 0.25) is 0 Å². The molecule has 0 saturated carbocycles. The van der Waals surface area contributed by atoms with Gasteiger partial charge in [-0.05, 0) is 17.2 Å². The Morgan fingerprint density at radius 1 is 1.09 bits per heavy atom. The van der Waals surface area contributed by atoms with Gasteiger partial charge in [-0.25, -0.2) is 4.79 Å². The van der Waals surface area contributed by atoms with Crippen molar-refractivity contribution in [3.05, 3.63) is 60.2 Å². The van der Waals surface area contributed by atoms with Crippen molar-refractivity contribution in [2.45, 2.75) is 29.6 Å². The molecule has 3 heterocycles. The Bertz CT molecular complexity index is 1130. The summed E-state index contributed by atoms with van der Waals surface area (Å²) in [5.74, 6) is -3.83. The highest BCUT2D eigenvalue weighted by molar-refractivity contribution is 5.97. The van der Waals surface area contributed by atoms with Crippen molar-refractivity contribution in [1.82, 2.24) is 20.9 Å². The van der Waals surface area contributed by atoms with Crippen LogP contribution >= 0.6 is 0 Å². The molecule has 172 valence electrons. The maximum atomic E-state index is 13.2. The Labute approximate surface area is 189 Å². The summed E-state index contributed by atoms with van der Waals surface area (Å²) >= 11 is 0. The first-order chi connectivity index (χ1) is 15.8. The van der Waals surface area contributed by atoms with Gasteiger partial charge in [-0.2, -0.15) is 0 Å². The Hall–Kier alpha value is -3.67. The maximum absolute atomic E-state index is 13.2. The summed E-state index contributed by atoms with van der Waals surface area (Å²) in [6.07, 6.45) is -1.45. The highest BCUT2D eigenvalue weighted by Gasteiger charge is 2.75. The molecule has 11 nitrogen and oxygen atoms in total. The van der Waals surface area contributed by atoms with Crippen LogP contribution in [0.1, 0.15) is 10.4 Å². The monoisotopic (exact) mass is 452 g/mol. The number of carbonyl (C=O) groups excluding carboxylic acids is 1. The van der Waals surface area contributed by atoms with Gasteiger partial charge < -0.3 is 40.9 Å². The predicted molar refractivity (Wildman–Crippen MR) is 117 cm³/mol. The van der Waals surface area contributed by atoms with E-state index in [1.54, 1.807) is 24.3 Å². The molecule has 5 rings (SSSR count). The lowest BCUT2D eigenvalue weighted by atomic mass is 9.85. The van der Waals surface area contributed by atoms with E-state index in [0.717, 1.165) is 5.56 Å². The van der Waals surface area contributed by atoms with Gasteiger partial charge in [-0.1, -0.05) is 48.5 Å². The van der Waals surface area contributed by atoms with E-state index in [9.17, 15) is 20.1 Å². The lowest BCUT2D eigenvalue weighted by molar-refractivity contribution is -0.258. The van der Waals surface area contributed by atoms with Gasteiger partial charge in [0.25, 0.3) is 0 Å². The number of nitrogens with zero attached hydrogens (tertiary/aromatic N) is 1. The number of nitrogens with one attached hydrogen (secondary N) is 5. The zero-order chi connectivity index (χ0) is 23.4. The normalized spacial score (nSPS) is 29.4. The van der Waals surface area contributed by atoms with Crippen LogP contribution in [-0.4, -0.2) is 80.9 Å². The molecular weight excluding hydrogens is 428 g/mol. The van der Waals surface area contributed by atoms with Gasteiger partial charge >= 0.3 is 5.97 Å². The average molecular weight is 452 g/mol. The highest BCUT2D eigenvalue weighted by atomic mass is 16.6. The van der Waals surface area contributed by atoms with Crippen LogP contribution in [-0.2, 0) is 4.74 Å². The molecule has 0 aliphatic carbocycles. The van der Waals surface area contributed by atoms with Crippen molar-refractivity contribution in [3.63, 3.8) is 0 Å². The molecule has 1 spiro atoms. The predicted octanol–water partition coefficient (Wildman–Crippen LogP) is -1.03. The van der Waals surface area contributed by atoms with Crippen molar-refractivity contribution in [3.8, 4) is 11.1 Å². The zero-order valence-corrected chi connectivity index (χ0v) is 17.4. The van der Waals surface area contributed by atoms with Crippen molar-refractivity contribution in [2.75, 3.05) is 13.2 Å². The lowest BCUT2D eigenvalue weighted by Gasteiger charge is -2.50. The van der Waals surface area contributed by atoms with Crippen LogP contribution in [0.5, 0.6) is 0 Å². The molecule has 8 N–H and O–H groups in total. The van der Waals surface area contributed by atoms with Gasteiger partial charge in [0.1, 0.15) is 0 Å². The van der Waals surface area contributed by atoms with Crippen molar-refractivity contribution in [2.24, 2.45) is 0 Å². The van der Waals surface area contributed by atoms with Crippen LogP contribution < -0.4 is 16.0 Å². The number of hydrogen-bond donors (Lipinski definition) is 8. The zero-order valence-electron chi connectivity index (χ0n) is 17.4. The van der Waals surface area contributed by atoms with Gasteiger partial charge in [0.05, 0.1) is 30.8 Å². The molecule has 2 aromatic carbocycles. The fourth-order valence-corrected chi connectivity index (χ4v) is 4.99. The number of carbonyl (C=O) groups is 1. The van der Waals surface area contributed by atoms with E-state index in [1.807, 2.05) is 30.3 Å². The van der Waals surface area contributed by atoms with Crippen LogP contribution in [0, 0.1) is 10.8 Å². The van der Waals surface area contributed by atoms with Gasteiger partial charge in [-0.3, -0.25) is 10.8 Å². The fourth-order valence-electron chi connectivity index (χ4n) is 4.99. The minimum atomic E-state index is -2.69. The van der Waals surface area contributed by atoms with Gasteiger partial charge in [0.2, 0.25) is 5.79 Å². The highest BCUT2D eigenvalue weighted by Crippen LogP contribution is 2.44. The molecule has 3 saturated heterocycles. The molecule has 0 bridgehead atoms. The fraction of sp³-hybridized carbons (Fsp3) is 0.318. The SMILES string of the molecule is N=C1N[C@H]2[C@H](CO)NC(=N)N3C[C@H](OC(=O)c4ccccc4-c4ccccc4)C(O)(O)[C@]23N1. The van der Waals surface area contributed by atoms with E-state index >= 15 is 0 Å². The van der Waals surface area contributed by atoms with E-state index < -0.39 is 42.2 Å². The van der Waals surface area contributed by atoms with Crippen LogP contribution in [0.4, 0.5) is 0 Å². The summed E-state index contributed by atoms with van der Waals surface area (Å²) in [4.78, 5) is 14.5. The van der Waals surface area contributed by atoms with Crippen LogP contribution in [0.3, 0.4) is 0 Å². The minimum Gasteiger partial charge on any atom is -0.451 e. The van der Waals surface area contributed by atoms with Crippen molar-refractivity contribution in [1.29, 1.82) is 10.8 Å². The van der Waals surface area contributed by atoms with Crippen molar-refractivity contribution >= 4 is 17.9 Å². The summed E-state index contributed by atoms with van der Waals surface area (Å²) in [5.41, 5.74) is -0.0960. The Kier molecular flexibility index (Phi) is 4.78. The Morgan fingerprint density at radius 2 is 1.79 bits per heavy atom. The number of esters is 1. The van der Waals surface area contributed by atoms with E-state index in [0.29, 0.717) is 5.56 Å². The summed E-state index contributed by atoms with van der Waals surface area (Å²) in [5, 5.41) is 56.9. The Morgan fingerprint density at radius 3 is 2.52 bits per heavy atom. The maximum Gasteiger partial charge on any atom is 0.339 e. The first-order valence-electron chi connectivity index (χ1n) is 10.5. The molecule has 2 aromatic rings. The quantitative estimate of drug-likeness (QED) is 0.213. The molecular formula is C22H24N6O5. The standard InChI is InChI=1S/C22H24N6O5/c23-19-26-17-15(11-29)25-20(24)28-10-16(22(31,32)21(17,28)27-19)33-18(30)14-9-5-4-8-13(14)12-6-2-1-3-7-12/h1-9,15-17,29,31-32H,10-11H2,(H2,24,25)(H3,23,26,27)/t15-,16-,17-,21-/m0/s1. The third-order valence-corrected chi connectivity index (χ3v) is 6.52. The second-order valence-electron chi connectivity index (χ2n) is 8.31. The summed E-state index contributed by atoms with van der Waals surface area (Å²) in [6.45, 7) is -0.635. The Balaban J connectivity index is 1.49. The van der Waals surface area contributed by atoms with Crippen LogP contribution in [0.15, 0.2) is 54.6 Å². The van der Waals surface area contributed by atoms with E-state index in [1.165, 1.54) is 4.90 Å². The van der Waals surface area contributed by atoms with Gasteiger partial charge in [0, 0.05) is 0 Å². The molecule has 0 radical (unpaired) electrons. The lowest BCUT2D eigenvalue weighted by Crippen LogP contribution is -2.80. The van der Waals surface area contributed by atoms with Gasteiger partial charge in [-0.15, -0.1) is 0 Å². The average Bonchev–Trinajstić information content (AvgIpc) is 3.28. The first-order valence-corrected chi connectivity index (χ1v) is 10.5. The molecule has 11 heteroatoms. The summed E-state index contributed by atoms with van der Waals surface area (Å²) in [7, 11) is 0. The topological polar surface area (TPSA) is 174 Å². The first kappa shape index (κ1) is 21.2. The van der Waals surface area contributed by atoms with E-state index in [-0.39, 0.29) is 24.0 Å². The molecule has 3 fully saturated rings.